The first-order valence-electron chi connectivity index (χ1n) is 8.96. The number of benzene rings is 2. The first-order valence-corrected chi connectivity index (χ1v) is 10.4. The number of hydrogen-bond acceptors (Lipinski definition) is 5. The molecule has 0 spiro atoms. The minimum absolute atomic E-state index is 0.0265. The number of rotatable bonds is 7. The van der Waals surface area contributed by atoms with Crippen molar-refractivity contribution in [3.8, 4) is 0 Å². The highest BCUT2D eigenvalue weighted by molar-refractivity contribution is 7.92. The monoisotopic (exact) mass is 414 g/mol. The van der Waals surface area contributed by atoms with Gasteiger partial charge in [0.1, 0.15) is 11.9 Å². The maximum atomic E-state index is 12.7. The van der Waals surface area contributed by atoms with E-state index < -0.39 is 22.0 Å². The summed E-state index contributed by atoms with van der Waals surface area (Å²) in [5.41, 5.74) is 2.19. The van der Waals surface area contributed by atoms with Gasteiger partial charge in [-0.25, -0.2) is 8.42 Å². The Kier molecular flexibility index (Phi) is 6.05. The number of amides is 1. The van der Waals surface area contributed by atoms with E-state index in [-0.39, 0.29) is 17.0 Å². The third-order valence-electron chi connectivity index (χ3n) is 4.36. The number of furan rings is 1. The first-order chi connectivity index (χ1) is 13.8. The molecule has 3 aromatic rings. The third-order valence-corrected chi connectivity index (χ3v) is 5.74. The van der Waals surface area contributed by atoms with Crippen LogP contribution in [0.5, 0.6) is 0 Å². The highest BCUT2D eigenvalue weighted by Crippen LogP contribution is 2.20. The Labute approximate surface area is 169 Å². The van der Waals surface area contributed by atoms with Gasteiger partial charge in [0.05, 0.1) is 17.7 Å². The Morgan fingerprint density at radius 3 is 2.59 bits per heavy atom. The van der Waals surface area contributed by atoms with Crippen LogP contribution in [-0.4, -0.2) is 26.0 Å². The predicted molar refractivity (Wildman–Crippen MR) is 109 cm³/mol. The van der Waals surface area contributed by atoms with E-state index in [1.807, 2.05) is 13.0 Å². The Bertz CT molecular complexity index is 1110. The van der Waals surface area contributed by atoms with E-state index in [0.29, 0.717) is 17.0 Å². The van der Waals surface area contributed by atoms with E-state index in [0.717, 1.165) is 5.56 Å². The minimum atomic E-state index is -3.86. The molecule has 1 aromatic heterocycles. The van der Waals surface area contributed by atoms with E-state index in [2.05, 4.69) is 10.0 Å². The van der Waals surface area contributed by atoms with Crippen LogP contribution in [-0.2, 0) is 10.0 Å². The number of carbonyl (C=O) groups is 1. The molecule has 0 aliphatic rings. The number of nitrogens with one attached hydrogen (secondary N) is 2. The molecule has 3 rings (SSSR count). The SMILES string of the molecule is Cc1cccc(NS(=O)(=O)c2ccc(C)c(C(=O)NCC(O)c3ccco3)c2)c1. The molecule has 8 heteroatoms. The van der Waals surface area contributed by atoms with Crippen molar-refractivity contribution in [1.29, 1.82) is 0 Å². The van der Waals surface area contributed by atoms with Gasteiger partial charge in [-0.15, -0.1) is 0 Å². The molecular weight excluding hydrogens is 392 g/mol. The summed E-state index contributed by atoms with van der Waals surface area (Å²) < 4.78 is 33.1. The van der Waals surface area contributed by atoms with Crippen LogP contribution in [0.15, 0.2) is 70.2 Å². The second kappa shape index (κ2) is 8.50. The molecule has 1 amide bonds. The zero-order valence-electron chi connectivity index (χ0n) is 16.0. The maximum Gasteiger partial charge on any atom is 0.261 e. The maximum absolute atomic E-state index is 12.7. The molecule has 0 fully saturated rings. The van der Waals surface area contributed by atoms with Crippen molar-refractivity contribution in [2.75, 3.05) is 11.3 Å². The topological polar surface area (TPSA) is 109 Å². The zero-order valence-corrected chi connectivity index (χ0v) is 16.9. The fourth-order valence-electron chi connectivity index (χ4n) is 2.80. The fourth-order valence-corrected chi connectivity index (χ4v) is 3.88. The molecule has 0 aliphatic carbocycles. The normalized spacial score (nSPS) is 12.4. The van der Waals surface area contributed by atoms with E-state index in [1.165, 1.54) is 18.4 Å². The van der Waals surface area contributed by atoms with Gasteiger partial charge < -0.3 is 14.8 Å². The van der Waals surface area contributed by atoms with Crippen LogP contribution in [0.2, 0.25) is 0 Å². The van der Waals surface area contributed by atoms with E-state index in [1.54, 1.807) is 43.3 Å². The molecule has 7 nitrogen and oxygen atoms in total. The highest BCUT2D eigenvalue weighted by Gasteiger charge is 2.19. The molecule has 1 atom stereocenters. The van der Waals surface area contributed by atoms with Crippen LogP contribution in [0, 0.1) is 13.8 Å². The van der Waals surface area contributed by atoms with Crippen molar-refractivity contribution in [2.24, 2.45) is 0 Å². The molecule has 29 heavy (non-hydrogen) atoms. The molecule has 2 aromatic carbocycles. The van der Waals surface area contributed by atoms with Crippen molar-refractivity contribution < 1.29 is 22.7 Å². The summed E-state index contributed by atoms with van der Waals surface area (Å²) in [5.74, 6) is -0.151. The highest BCUT2D eigenvalue weighted by atomic mass is 32.2. The molecule has 0 saturated carbocycles. The second-order valence-electron chi connectivity index (χ2n) is 6.69. The quantitative estimate of drug-likeness (QED) is 0.550. The summed E-state index contributed by atoms with van der Waals surface area (Å²) in [7, 11) is -3.86. The van der Waals surface area contributed by atoms with E-state index in [9.17, 15) is 18.3 Å². The van der Waals surface area contributed by atoms with Crippen LogP contribution < -0.4 is 10.0 Å². The van der Waals surface area contributed by atoms with Crippen molar-refractivity contribution in [1.82, 2.24) is 5.32 Å². The first kappa shape index (κ1) is 20.6. The molecule has 0 radical (unpaired) electrons. The Morgan fingerprint density at radius 1 is 1.10 bits per heavy atom. The number of aryl methyl sites for hydroxylation is 2. The van der Waals surface area contributed by atoms with Gasteiger partial charge in [0.15, 0.2) is 0 Å². The zero-order chi connectivity index (χ0) is 21.0. The molecule has 3 N–H and O–H groups in total. The van der Waals surface area contributed by atoms with Crippen molar-refractivity contribution in [2.45, 2.75) is 24.8 Å². The number of anilines is 1. The van der Waals surface area contributed by atoms with Gasteiger partial charge >= 0.3 is 0 Å². The van der Waals surface area contributed by atoms with Crippen LogP contribution in [0.25, 0.3) is 0 Å². The number of hydrogen-bond donors (Lipinski definition) is 3. The summed E-state index contributed by atoms with van der Waals surface area (Å²) >= 11 is 0. The summed E-state index contributed by atoms with van der Waals surface area (Å²) in [6, 6.07) is 14.6. The number of aliphatic hydroxyl groups excluding tert-OH is 1. The van der Waals surface area contributed by atoms with Crippen LogP contribution in [0.1, 0.15) is 33.3 Å². The molecular formula is C21H22N2O5S. The van der Waals surface area contributed by atoms with Gasteiger partial charge in [-0.2, -0.15) is 0 Å². The molecule has 0 bridgehead atoms. The third kappa shape index (κ3) is 5.04. The predicted octanol–water partition coefficient (Wildman–Crippen LogP) is 3.16. The lowest BCUT2D eigenvalue weighted by atomic mass is 10.1. The van der Waals surface area contributed by atoms with Gasteiger partial charge in [0.2, 0.25) is 0 Å². The summed E-state index contributed by atoms with van der Waals surface area (Å²) in [4.78, 5) is 12.5. The second-order valence-corrected chi connectivity index (χ2v) is 8.38. The Morgan fingerprint density at radius 2 is 1.90 bits per heavy atom. The van der Waals surface area contributed by atoms with Crippen LogP contribution in [0.4, 0.5) is 5.69 Å². The fraction of sp³-hybridized carbons (Fsp3) is 0.190. The van der Waals surface area contributed by atoms with Crippen molar-refractivity contribution in [3.05, 3.63) is 83.3 Å². The lowest BCUT2D eigenvalue weighted by molar-refractivity contribution is 0.0900. The summed E-state index contributed by atoms with van der Waals surface area (Å²) in [6.45, 7) is 3.51. The van der Waals surface area contributed by atoms with Crippen molar-refractivity contribution >= 4 is 21.6 Å². The molecule has 152 valence electrons. The summed E-state index contributed by atoms with van der Waals surface area (Å²) in [5, 5.41) is 12.6. The average molecular weight is 414 g/mol. The summed E-state index contributed by atoms with van der Waals surface area (Å²) in [6.07, 6.45) is 0.434. The van der Waals surface area contributed by atoms with E-state index >= 15 is 0 Å². The molecule has 0 aliphatic heterocycles. The minimum Gasteiger partial charge on any atom is -0.467 e. The Balaban J connectivity index is 1.77. The smallest absolute Gasteiger partial charge is 0.261 e. The van der Waals surface area contributed by atoms with Gasteiger partial charge in [-0.1, -0.05) is 18.2 Å². The largest absolute Gasteiger partial charge is 0.467 e. The van der Waals surface area contributed by atoms with Gasteiger partial charge in [-0.3, -0.25) is 9.52 Å². The average Bonchev–Trinajstić information content (AvgIpc) is 3.20. The van der Waals surface area contributed by atoms with Gasteiger partial charge in [-0.05, 0) is 61.4 Å². The Hall–Kier alpha value is -3.10. The lowest BCUT2D eigenvalue weighted by Gasteiger charge is -2.13. The van der Waals surface area contributed by atoms with Gasteiger partial charge in [0.25, 0.3) is 15.9 Å². The van der Waals surface area contributed by atoms with Crippen molar-refractivity contribution in [3.63, 3.8) is 0 Å². The molecule has 1 heterocycles. The van der Waals surface area contributed by atoms with Gasteiger partial charge in [0, 0.05) is 11.3 Å². The van der Waals surface area contributed by atoms with Crippen LogP contribution in [0.3, 0.4) is 0 Å². The standard InChI is InChI=1S/C21H22N2O5S/c1-14-5-3-6-16(11-14)23-29(26,27)17-9-8-15(2)18(12-17)21(25)22-13-19(24)20-7-4-10-28-20/h3-12,19,23-24H,13H2,1-2H3,(H,22,25). The van der Waals surface area contributed by atoms with Crippen LogP contribution >= 0.6 is 0 Å². The lowest BCUT2D eigenvalue weighted by Crippen LogP contribution is -2.29. The number of aliphatic hydroxyl groups is 1. The molecule has 0 saturated heterocycles. The van der Waals surface area contributed by atoms with E-state index in [4.69, 9.17) is 4.42 Å². The number of carbonyl (C=O) groups excluding carboxylic acids is 1. The number of sulfonamides is 1. The molecule has 1 unspecified atom stereocenters.